The highest BCUT2D eigenvalue weighted by atomic mass is 79.9. The van der Waals surface area contributed by atoms with Gasteiger partial charge in [-0.05, 0) is 24.4 Å². The molecule has 0 aliphatic carbocycles. The first-order chi connectivity index (χ1) is 5.12. The summed E-state index contributed by atoms with van der Waals surface area (Å²) in [6, 6.07) is 0. The molecular weight excluding hydrogens is 204 g/mol. The molecule has 1 N–H and O–H groups in total. The topological polar surface area (TPSA) is 20.2 Å². The molecule has 0 aromatic carbocycles. The Morgan fingerprint density at radius 3 is 2.55 bits per heavy atom. The summed E-state index contributed by atoms with van der Waals surface area (Å²) in [5.41, 5.74) is -0.626. The predicted molar refractivity (Wildman–Crippen MR) is 52.8 cm³/mol. The molecule has 2 heteroatoms. The number of halogens is 1. The van der Waals surface area contributed by atoms with Crippen LogP contribution in [0.5, 0.6) is 0 Å². The summed E-state index contributed by atoms with van der Waals surface area (Å²) in [7, 11) is 0. The first-order valence-corrected chi connectivity index (χ1v) is 5.04. The molecule has 0 saturated carbocycles. The van der Waals surface area contributed by atoms with Crippen molar-refractivity contribution in [2.75, 3.05) is 0 Å². The third-order valence-corrected chi connectivity index (χ3v) is 1.97. The van der Waals surface area contributed by atoms with Gasteiger partial charge in [0.15, 0.2) is 0 Å². The number of hydrogen-bond donors (Lipinski definition) is 1. The van der Waals surface area contributed by atoms with Crippen molar-refractivity contribution in [3.05, 3.63) is 11.1 Å². The van der Waals surface area contributed by atoms with Crippen LogP contribution >= 0.6 is 15.9 Å². The van der Waals surface area contributed by atoms with E-state index in [0.29, 0.717) is 0 Å². The van der Waals surface area contributed by atoms with Crippen LogP contribution < -0.4 is 0 Å². The van der Waals surface area contributed by atoms with E-state index in [1.165, 1.54) is 12.8 Å². The largest absolute Gasteiger partial charge is 0.386 e. The van der Waals surface area contributed by atoms with Gasteiger partial charge in [-0.1, -0.05) is 42.1 Å². The van der Waals surface area contributed by atoms with E-state index in [4.69, 9.17) is 0 Å². The number of aliphatic hydroxyl groups is 1. The van der Waals surface area contributed by atoms with Crippen LogP contribution in [0.15, 0.2) is 11.1 Å². The van der Waals surface area contributed by atoms with Crippen LogP contribution in [-0.4, -0.2) is 10.7 Å². The van der Waals surface area contributed by atoms with Crippen LogP contribution in [0.2, 0.25) is 0 Å². The number of hydrogen-bond acceptors (Lipinski definition) is 1. The Bertz CT molecular complexity index is 119. The Morgan fingerprint density at radius 1 is 1.45 bits per heavy atom. The zero-order valence-corrected chi connectivity index (χ0v) is 8.89. The molecular formula is C9H17BrO. The van der Waals surface area contributed by atoms with Gasteiger partial charge in [0.1, 0.15) is 0 Å². The molecule has 0 unspecified atom stereocenters. The average molecular weight is 221 g/mol. The molecule has 0 aromatic rings. The van der Waals surface area contributed by atoms with Gasteiger partial charge in [0, 0.05) is 0 Å². The molecule has 0 heterocycles. The highest BCUT2D eigenvalue weighted by Gasteiger charge is 2.14. The zero-order valence-electron chi connectivity index (χ0n) is 7.31. The van der Waals surface area contributed by atoms with Crippen molar-refractivity contribution in [2.45, 2.75) is 45.1 Å². The normalized spacial score (nSPS) is 17.1. The van der Waals surface area contributed by atoms with E-state index in [1.54, 1.807) is 11.1 Å². The minimum atomic E-state index is -0.626. The third kappa shape index (κ3) is 6.57. The van der Waals surface area contributed by atoms with Crippen LogP contribution in [0.4, 0.5) is 0 Å². The fourth-order valence-corrected chi connectivity index (χ4v) is 1.52. The first kappa shape index (κ1) is 11.2. The molecule has 0 spiro atoms. The number of unbranched alkanes of at least 4 members (excludes halogenated alkanes) is 2. The van der Waals surface area contributed by atoms with Crippen molar-refractivity contribution in [3.63, 3.8) is 0 Å². The second kappa shape index (κ2) is 5.78. The van der Waals surface area contributed by atoms with Crippen molar-refractivity contribution >= 4 is 15.9 Å². The molecule has 0 aliphatic heterocycles. The highest BCUT2D eigenvalue weighted by molar-refractivity contribution is 9.11. The Labute approximate surface area is 77.6 Å². The summed E-state index contributed by atoms with van der Waals surface area (Å²) >= 11 is 3.15. The second-order valence-corrected chi connectivity index (χ2v) is 3.64. The molecule has 0 radical (unpaired) electrons. The molecule has 0 fully saturated rings. The lowest BCUT2D eigenvalue weighted by molar-refractivity contribution is 0.0989. The lowest BCUT2D eigenvalue weighted by Gasteiger charge is -2.17. The van der Waals surface area contributed by atoms with Crippen LogP contribution in [0, 0.1) is 0 Å². The maximum atomic E-state index is 9.62. The van der Waals surface area contributed by atoms with Gasteiger partial charge < -0.3 is 5.11 Å². The molecule has 66 valence electrons. The maximum absolute atomic E-state index is 9.62. The van der Waals surface area contributed by atoms with Gasteiger partial charge in [-0.2, -0.15) is 0 Å². The lowest BCUT2D eigenvalue weighted by atomic mass is 9.99. The summed E-state index contributed by atoms with van der Waals surface area (Å²) in [6.45, 7) is 4.00. The second-order valence-electron chi connectivity index (χ2n) is 3.11. The van der Waals surface area contributed by atoms with E-state index in [9.17, 15) is 5.11 Å². The number of rotatable bonds is 5. The van der Waals surface area contributed by atoms with Crippen LogP contribution in [0.25, 0.3) is 0 Å². The Hall–Kier alpha value is 0.180. The maximum Gasteiger partial charge on any atom is 0.0807 e. The molecule has 11 heavy (non-hydrogen) atoms. The van der Waals surface area contributed by atoms with Gasteiger partial charge in [0.25, 0.3) is 0 Å². The molecule has 1 nitrogen and oxygen atoms in total. The van der Waals surface area contributed by atoms with E-state index in [0.717, 1.165) is 12.8 Å². The van der Waals surface area contributed by atoms with Crippen molar-refractivity contribution in [2.24, 2.45) is 0 Å². The van der Waals surface area contributed by atoms with Crippen molar-refractivity contribution in [1.29, 1.82) is 0 Å². The molecule has 0 aliphatic rings. The molecule has 1 atom stereocenters. The standard InChI is InChI=1S/C9H17BrO/c1-3-4-5-6-9(2,11)7-8-10/h7-8,11H,3-6H2,1-2H3/b8-7+/t9-/m1/s1. The fourth-order valence-electron chi connectivity index (χ4n) is 0.952. The SMILES string of the molecule is CCCCC[C@@](C)(O)/C=C/Br. The van der Waals surface area contributed by atoms with Crippen LogP contribution in [0.3, 0.4) is 0 Å². The van der Waals surface area contributed by atoms with E-state index in [1.807, 2.05) is 6.92 Å². The Morgan fingerprint density at radius 2 is 2.09 bits per heavy atom. The van der Waals surface area contributed by atoms with E-state index < -0.39 is 5.60 Å². The van der Waals surface area contributed by atoms with Crippen LogP contribution in [0.1, 0.15) is 39.5 Å². The lowest BCUT2D eigenvalue weighted by Crippen LogP contribution is -2.19. The van der Waals surface area contributed by atoms with Crippen molar-refractivity contribution in [3.8, 4) is 0 Å². The summed E-state index contributed by atoms with van der Waals surface area (Å²) < 4.78 is 0. The van der Waals surface area contributed by atoms with Gasteiger partial charge in [-0.15, -0.1) is 0 Å². The summed E-state index contributed by atoms with van der Waals surface area (Å²) in [6.07, 6.45) is 6.13. The van der Waals surface area contributed by atoms with Crippen molar-refractivity contribution in [1.82, 2.24) is 0 Å². The summed E-state index contributed by atoms with van der Waals surface area (Å²) in [5, 5.41) is 9.62. The highest BCUT2D eigenvalue weighted by Crippen LogP contribution is 2.16. The van der Waals surface area contributed by atoms with Gasteiger partial charge in [0.05, 0.1) is 5.60 Å². The Balaban J connectivity index is 3.55. The third-order valence-electron chi connectivity index (χ3n) is 1.71. The zero-order chi connectivity index (χ0) is 8.74. The molecule has 0 rings (SSSR count). The quantitative estimate of drug-likeness (QED) is 0.706. The molecule has 0 saturated heterocycles. The smallest absolute Gasteiger partial charge is 0.0807 e. The fraction of sp³-hybridized carbons (Fsp3) is 0.778. The monoisotopic (exact) mass is 220 g/mol. The predicted octanol–water partition coefficient (Wildman–Crippen LogP) is 3.23. The van der Waals surface area contributed by atoms with Crippen LogP contribution in [-0.2, 0) is 0 Å². The molecule has 0 aromatic heterocycles. The van der Waals surface area contributed by atoms with Crippen molar-refractivity contribution < 1.29 is 5.11 Å². The molecule has 0 bridgehead atoms. The van der Waals surface area contributed by atoms with Gasteiger partial charge in [-0.25, -0.2) is 0 Å². The van der Waals surface area contributed by atoms with Gasteiger partial charge in [0.2, 0.25) is 0 Å². The Kier molecular flexibility index (Phi) is 5.88. The van der Waals surface area contributed by atoms with E-state index in [-0.39, 0.29) is 0 Å². The summed E-state index contributed by atoms with van der Waals surface area (Å²) in [4.78, 5) is 1.72. The van der Waals surface area contributed by atoms with E-state index in [2.05, 4.69) is 22.9 Å². The average Bonchev–Trinajstić information content (AvgIpc) is 1.87. The molecule has 0 amide bonds. The van der Waals surface area contributed by atoms with Gasteiger partial charge in [-0.3, -0.25) is 0 Å². The minimum absolute atomic E-state index is 0.626. The summed E-state index contributed by atoms with van der Waals surface area (Å²) in [5.74, 6) is 0. The first-order valence-electron chi connectivity index (χ1n) is 4.12. The minimum Gasteiger partial charge on any atom is -0.386 e. The van der Waals surface area contributed by atoms with E-state index >= 15 is 0 Å². The van der Waals surface area contributed by atoms with Gasteiger partial charge >= 0.3 is 0 Å².